The number of rotatable bonds is 5. The minimum atomic E-state index is -1.27. The van der Waals surface area contributed by atoms with Crippen molar-refractivity contribution in [2.75, 3.05) is 5.75 Å². The minimum Gasteiger partial charge on any atom is -0.479 e. The molecule has 0 spiro atoms. The minimum absolute atomic E-state index is 0.257. The number of fused-ring (bicyclic) bond motifs is 1. The Morgan fingerprint density at radius 3 is 2.61 bits per heavy atom. The lowest BCUT2D eigenvalue weighted by Gasteiger charge is -2.06. The van der Waals surface area contributed by atoms with Crippen molar-refractivity contribution >= 4 is 28.5 Å². The Kier molecular flexibility index (Phi) is 4.23. The summed E-state index contributed by atoms with van der Waals surface area (Å²) in [6, 6.07) is 14.2. The van der Waals surface area contributed by atoms with Gasteiger partial charge in [0.15, 0.2) is 6.10 Å². The first-order valence-corrected chi connectivity index (χ1v) is 6.68. The molecule has 4 heteroatoms. The third-order valence-corrected chi connectivity index (χ3v) is 3.69. The zero-order valence-corrected chi connectivity index (χ0v) is 10.6. The zero-order valence-electron chi connectivity index (χ0n) is 9.74. The molecule has 1 atom stereocenters. The van der Waals surface area contributed by atoms with Crippen LogP contribution in [0.1, 0.15) is 6.42 Å². The third-order valence-electron chi connectivity index (χ3n) is 2.67. The molecule has 0 aliphatic rings. The second-order valence-corrected chi connectivity index (χ2v) is 5.17. The molecular formula is C14H14O3S. The van der Waals surface area contributed by atoms with Crippen LogP contribution in [0.2, 0.25) is 0 Å². The number of carboxylic acid groups (broad SMARTS) is 1. The quantitative estimate of drug-likeness (QED) is 0.813. The normalized spacial score (nSPS) is 12.5. The lowest BCUT2D eigenvalue weighted by atomic mass is 10.1. The predicted octanol–water partition coefficient (Wildman–Crippen LogP) is 2.77. The molecule has 0 saturated carbocycles. The standard InChI is InChI=1S/C14H14O3S/c15-13(14(16)17)7-8-18-12-6-5-10-3-1-2-4-11(10)9-12/h1-6,9,13,15H,7-8H2,(H,16,17). The van der Waals surface area contributed by atoms with Crippen molar-refractivity contribution in [1.29, 1.82) is 0 Å². The van der Waals surface area contributed by atoms with E-state index >= 15 is 0 Å². The first-order chi connectivity index (χ1) is 8.66. The van der Waals surface area contributed by atoms with Gasteiger partial charge in [-0.3, -0.25) is 0 Å². The van der Waals surface area contributed by atoms with E-state index in [0.717, 1.165) is 4.90 Å². The maximum Gasteiger partial charge on any atom is 0.332 e. The molecule has 1 unspecified atom stereocenters. The van der Waals surface area contributed by atoms with Crippen molar-refractivity contribution in [2.24, 2.45) is 0 Å². The summed E-state index contributed by atoms with van der Waals surface area (Å²) in [5, 5.41) is 20.1. The van der Waals surface area contributed by atoms with Crippen LogP contribution in [-0.2, 0) is 4.79 Å². The molecule has 0 radical (unpaired) electrons. The number of aliphatic hydroxyl groups is 1. The van der Waals surface area contributed by atoms with Gasteiger partial charge in [-0.2, -0.15) is 0 Å². The molecule has 0 aromatic heterocycles. The highest BCUT2D eigenvalue weighted by molar-refractivity contribution is 7.99. The summed E-state index contributed by atoms with van der Waals surface area (Å²) in [6.07, 6.45) is -1.01. The van der Waals surface area contributed by atoms with Gasteiger partial charge in [-0.1, -0.05) is 30.3 Å². The van der Waals surface area contributed by atoms with Crippen LogP contribution in [0.25, 0.3) is 10.8 Å². The Labute approximate surface area is 109 Å². The first kappa shape index (κ1) is 12.9. The van der Waals surface area contributed by atoms with E-state index in [1.54, 1.807) is 11.8 Å². The number of carboxylic acids is 1. The highest BCUT2D eigenvalue weighted by atomic mass is 32.2. The van der Waals surface area contributed by atoms with Crippen LogP contribution in [0.15, 0.2) is 47.4 Å². The molecule has 2 rings (SSSR count). The fraction of sp³-hybridized carbons (Fsp3) is 0.214. The summed E-state index contributed by atoms with van der Waals surface area (Å²) in [4.78, 5) is 11.5. The number of hydrogen-bond acceptors (Lipinski definition) is 3. The van der Waals surface area contributed by atoms with E-state index in [9.17, 15) is 4.79 Å². The fourth-order valence-electron chi connectivity index (χ4n) is 1.67. The van der Waals surface area contributed by atoms with Gasteiger partial charge < -0.3 is 10.2 Å². The van der Waals surface area contributed by atoms with E-state index in [0.29, 0.717) is 5.75 Å². The number of aliphatic carboxylic acids is 1. The van der Waals surface area contributed by atoms with Gasteiger partial charge >= 0.3 is 5.97 Å². The van der Waals surface area contributed by atoms with E-state index < -0.39 is 12.1 Å². The third kappa shape index (κ3) is 3.24. The number of aliphatic hydroxyl groups excluding tert-OH is 1. The van der Waals surface area contributed by atoms with Gasteiger partial charge in [0.1, 0.15) is 0 Å². The second kappa shape index (κ2) is 5.89. The molecule has 0 fully saturated rings. The molecule has 2 aromatic rings. The summed E-state index contributed by atoms with van der Waals surface area (Å²) in [7, 11) is 0. The average molecular weight is 262 g/mol. The smallest absolute Gasteiger partial charge is 0.332 e. The van der Waals surface area contributed by atoms with Gasteiger partial charge in [-0.25, -0.2) is 4.79 Å². The Bertz CT molecular complexity index is 553. The summed E-state index contributed by atoms with van der Waals surface area (Å²) in [5.74, 6) is -0.569. The zero-order chi connectivity index (χ0) is 13.0. The van der Waals surface area contributed by atoms with Crippen LogP contribution in [0.4, 0.5) is 0 Å². The van der Waals surface area contributed by atoms with Crippen molar-refractivity contribution in [1.82, 2.24) is 0 Å². The lowest BCUT2D eigenvalue weighted by Crippen LogP contribution is -2.19. The highest BCUT2D eigenvalue weighted by Gasteiger charge is 2.12. The van der Waals surface area contributed by atoms with E-state index in [1.165, 1.54) is 10.8 Å². The molecule has 0 aliphatic carbocycles. The molecule has 3 nitrogen and oxygen atoms in total. The Balaban J connectivity index is 1.98. The Hall–Kier alpha value is -1.52. The molecule has 0 saturated heterocycles. The van der Waals surface area contributed by atoms with Crippen LogP contribution in [0.5, 0.6) is 0 Å². The monoisotopic (exact) mass is 262 g/mol. The predicted molar refractivity (Wildman–Crippen MR) is 72.9 cm³/mol. The molecule has 18 heavy (non-hydrogen) atoms. The summed E-state index contributed by atoms with van der Waals surface area (Å²) >= 11 is 1.56. The van der Waals surface area contributed by atoms with Crippen molar-refractivity contribution in [3.05, 3.63) is 42.5 Å². The number of thioether (sulfide) groups is 1. The Morgan fingerprint density at radius 1 is 1.17 bits per heavy atom. The molecular weight excluding hydrogens is 248 g/mol. The van der Waals surface area contributed by atoms with Gasteiger partial charge in [0.25, 0.3) is 0 Å². The van der Waals surface area contributed by atoms with E-state index in [1.807, 2.05) is 30.3 Å². The van der Waals surface area contributed by atoms with Crippen LogP contribution in [-0.4, -0.2) is 28.0 Å². The number of carbonyl (C=O) groups is 1. The topological polar surface area (TPSA) is 57.5 Å². The van der Waals surface area contributed by atoms with Crippen LogP contribution in [0, 0.1) is 0 Å². The van der Waals surface area contributed by atoms with Crippen LogP contribution in [0.3, 0.4) is 0 Å². The summed E-state index contributed by atoms with van der Waals surface area (Å²) < 4.78 is 0. The van der Waals surface area contributed by atoms with Crippen LogP contribution < -0.4 is 0 Å². The van der Waals surface area contributed by atoms with Crippen molar-refractivity contribution in [2.45, 2.75) is 17.4 Å². The van der Waals surface area contributed by atoms with E-state index in [4.69, 9.17) is 10.2 Å². The largest absolute Gasteiger partial charge is 0.479 e. The fourth-order valence-corrected chi connectivity index (χ4v) is 2.62. The summed E-state index contributed by atoms with van der Waals surface area (Å²) in [6.45, 7) is 0. The van der Waals surface area contributed by atoms with Gasteiger partial charge in [0.2, 0.25) is 0 Å². The van der Waals surface area contributed by atoms with E-state index in [-0.39, 0.29) is 6.42 Å². The molecule has 0 heterocycles. The highest BCUT2D eigenvalue weighted by Crippen LogP contribution is 2.24. The number of benzene rings is 2. The van der Waals surface area contributed by atoms with Gasteiger partial charge in [-0.05, 0) is 29.3 Å². The molecule has 0 amide bonds. The molecule has 0 bridgehead atoms. The van der Waals surface area contributed by atoms with Gasteiger partial charge in [0, 0.05) is 10.6 Å². The molecule has 0 aliphatic heterocycles. The van der Waals surface area contributed by atoms with Gasteiger partial charge in [0.05, 0.1) is 0 Å². The lowest BCUT2D eigenvalue weighted by molar-refractivity contribution is -0.146. The molecule has 2 aromatic carbocycles. The molecule has 2 N–H and O–H groups in total. The van der Waals surface area contributed by atoms with Crippen molar-refractivity contribution in [3.8, 4) is 0 Å². The van der Waals surface area contributed by atoms with Gasteiger partial charge in [-0.15, -0.1) is 11.8 Å². The van der Waals surface area contributed by atoms with Crippen LogP contribution >= 0.6 is 11.8 Å². The first-order valence-electron chi connectivity index (χ1n) is 5.69. The van der Waals surface area contributed by atoms with E-state index in [2.05, 4.69) is 12.1 Å². The summed E-state index contributed by atoms with van der Waals surface area (Å²) in [5.41, 5.74) is 0. The van der Waals surface area contributed by atoms with Crippen molar-refractivity contribution < 1.29 is 15.0 Å². The maximum atomic E-state index is 10.5. The number of hydrogen-bond donors (Lipinski definition) is 2. The maximum absolute atomic E-state index is 10.5. The second-order valence-electron chi connectivity index (χ2n) is 4.00. The Morgan fingerprint density at radius 2 is 1.89 bits per heavy atom. The van der Waals surface area contributed by atoms with Crippen molar-refractivity contribution in [3.63, 3.8) is 0 Å². The SMILES string of the molecule is O=C(O)C(O)CCSc1ccc2ccccc2c1. The average Bonchev–Trinajstić information content (AvgIpc) is 2.38. The molecule has 94 valence electrons.